The number of hydrogen-bond acceptors (Lipinski definition) is 5. The summed E-state index contributed by atoms with van der Waals surface area (Å²) in [7, 11) is 1.62. The zero-order chi connectivity index (χ0) is 12.1. The number of benzene rings is 1. The van der Waals surface area contributed by atoms with Gasteiger partial charge < -0.3 is 9.47 Å². The van der Waals surface area contributed by atoms with Crippen molar-refractivity contribution in [3.63, 3.8) is 0 Å². The Balaban J connectivity index is 1.95. The van der Waals surface area contributed by atoms with Crippen molar-refractivity contribution in [3.8, 4) is 17.6 Å². The van der Waals surface area contributed by atoms with Gasteiger partial charge in [-0.3, -0.25) is 0 Å². The fourth-order valence-electron chi connectivity index (χ4n) is 1.25. The van der Waals surface area contributed by atoms with Gasteiger partial charge in [0.2, 0.25) is 0 Å². The van der Waals surface area contributed by atoms with Gasteiger partial charge in [-0.15, -0.1) is 11.3 Å². The maximum Gasteiger partial charge on any atom is 0.151 e. The Bertz CT molecular complexity index is 528. The second-order valence-corrected chi connectivity index (χ2v) is 4.15. The lowest BCUT2D eigenvalue weighted by Crippen LogP contribution is -1.94. The minimum absolute atomic E-state index is 0.374. The maximum atomic E-state index is 8.63. The second-order valence-electron chi connectivity index (χ2n) is 3.20. The summed E-state index contributed by atoms with van der Waals surface area (Å²) in [5.41, 5.74) is 0.434. The van der Waals surface area contributed by atoms with Crippen molar-refractivity contribution in [3.05, 3.63) is 40.3 Å². The molecular formula is C12H10N2O2S. The molecule has 5 heteroatoms. The molecule has 0 N–H and O–H groups in total. The lowest BCUT2D eigenvalue weighted by molar-refractivity contribution is 0.304. The molecule has 0 unspecified atom stereocenters. The first-order valence-electron chi connectivity index (χ1n) is 4.93. The first-order valence-corrected chi connectivity index (χ1v) is 5.81. The maximum absolute atomic E-state index is 8.63. The molecule has 0 radical (unpaired) electrons. The van der Waals surface area contributed by atoms with Crippen LogP contribution in [0.4, 0.5) is 0 Å². The van der Waals surface area contributed by atoms with Gasteiger partial charge in [-0.1, -0.05) is 0 Å². The molecule has 4 nitrogen and oxygen atoms in total. The van der Waals surface area contributed by atoms with E-state index in [4.69, 9.17) is 14.7 Å². The van der Waals surface area contributed by atoms with E-state index in [9.17, 15) is 0 Å². The molecule has 86 valence electrons. The predicted molar refractivity (Wildman–Crippen MR) is 64.2 cm³/mol. The summed E-state index contributed by atoms with van der Waals surface area (Å²) in [5.74, 6) is 1.54. The molecule has 1 aromatic carbocycles. The molecule has 0 aliphatic rings. The number of hydrogen-bond donors (Lipinski definition) is 0. The average Bonchev–Trinajstić information content (AvgIpc) is 2.85. The molecule has 17 heavy (non-hydrogen) atoms. The van der Waals surface area contributed by atoms with E-state index in [1.807, 2.05) is 30.3 Å². The minimum atomic E-state index is 0.374. The first kappa shape index (κ1) is 11.4. The Labute approximate surface area is 103 Å². The van der Waals surface area contributed by atoms with Crippen LogP contribution in [0.2, 0.25) is 0 Å². The van der Waals surface area contributed by atoms with Gasteiger partial charge in [0, 0.05) is 5.38 Å². The minimum Gasteiger partial charge on any atom is -0.497 e. The van der Waals surface area contributed by atoms with Crippen molar-refractivity contribution < 1.29 is 9.47 Å². The van der Waals surface area contributed by atoms with Crippen molar-refractivity contribution in [2.45, 2.75) is 6.61 Å². The third-order valence-electron chi connectivity index (χ3n) is 2.09. The fraction of sp³-hybridized carbons (Fsp3) is 0.167. The molecular weight excluding hydrogens is 236 g/mol. The fourth-order valence-corrected chi connectivity index (χ4v) is 1.88. The molecule has 0 saturated carbocycles. The highest BCUT2D eigenvalue weighted by molar-refractivity contribution is 7.09. The van der Waals surface area contributed by atoms with Crippen LogP contribution in [0.3, 0.4) is 0 Å². The quantitative estimate of drug-likeness (QED) is 0.832. The monoisotopic (exact) mass is 246 g/mol. The lowest BCUT2D eigenvalue weighted by atomic mass is 10.3. The molecule has 1 aromatic heterocycles. The van der Waals surface area contributed by atoms with Gasteiger partial charge in [0.15, 0.2) is 5.69 Å². The lowest BCUT2D eigenvalue weighted by Gasteiger charge is -2.04. The zero-order valence-electron chi connectivity index (χ0n) is 9.21. The number of aromatic nitrogens is 1. The number of rotatable bonds is 4. The van der Waals surface area contributed by atoms with Crippen molar-refractivity contribution in [1.82, 2.24) is 4.98 Å². The molecule has 2 aromatic rings. The van der Waals surface area contributed by atoms with Crippen LogP contribution in [-0.4, -0.2) is 12.1 Å². The average molecular weight is 246 g/mol. The summed E-state index contributed by atoms with van der Waals surface area (Å²) in [6, 6.07) is 9.31. The second kappa shape index (κ2) is 5.32. The highest BCUT2D eigenvalue weighted by Gasteiger charge is 2.02. The number of nitriles is 1. The molecule has 0 atom stereocenters. The Morgan fingerprint density at radius 1 is 1.29 bits per heavy atom. The Hall–Kier alpha value is -2.06. The SMILES string of the molecule is COc1ccc(OCc2nc(C#N)cs2)cc1. The van der Waals surface area contributed by atoms with E-state index in [0.29, 0.717) is 12.3 Å². The van der Waals surface area contributed by atoms with E-state index in [2.05, 4.69) is 4.98 Å². The van der Waals surface area contributed by atoms with E-state index in [1.165, 1.54) is 11.3 Å². The van der Waals surface area contributed by atoms with E-state index in [0.717, 1.165) is 16.5 Å². The predicted octanol–water partition coefficient (Wildman–Crippen LogP) is 2.60. The van der Waals surface area contributed by atoms with Crippen LogP contribution in [0.25, 0.3) is 0 Å². The van der Waals surface area contributed by atoms with Crippen LogP contribution >= 0.6 is 11.3 Å². The van der Waals surface area contributed by atoms with Crippen molar-refractivity contribution >= 4 is 11.3 Å². The van der Waals surface area contributed by atoms with Crippen molar-refractivity contribution in [2.24, 2.45) is 0 Å². The third kappa shape index (κ3) is 2.95. The van der Waals surface area contributed by atoms with Crippen LogP contribution < -0.4 is 9.47 Å². The van der Waals surface area contributed by atoms with Gasteiger partial charge in [0.1, 0.15) is 29.2 Å². The van der Waals surface area contributed by atoms with Gasteiger partial charge in [0.25, 0.3) is 0 Å². The number of ether oxygens (including phenoxy) is 2. The summed E-state index contributed by atoms with van der Waals surface area (Å²) in [4.78, 5) is 4.09. The Morgan fingerprint density at radius 2 is 2.00 bits per heavy atom. The summed E-state index contributed by atoms with van der Waals surface area (Å²) in [5, 5.41) is 11.1. The molecule has 0 spiro atoms. The van der Waals surface area contributed by atoms with Gasteiger partial charge in [-0.05, 0) is 24.3 Å². The summed E-state index contributed by atoms with van der Waals surface area (Å²) in [6.45, 7) is 0.374. The number of nitrogens with zero attached hydrogens (tertiary/aromatic N) is 2. The van der Waals surface area contributed by atoms with Crippen LogP contribution in [0.1, 0.15) is 10.7 Å². The van der Waals surface area contributed by atoms with Crippen LogP contribution in [0, 0.1) is 11.3 Å². The van der Waals surface area contributed by atoms with Gasteiger partial charge >= 0.3 is 0 Å². The van der Waals surface area contributed by atoms with E-state index >= 15 is 0 Å². The van der Waals surface area contributed by atoms with Crippen LogP contribution in [0.5, 0.6) is 11.5 Å². The summed E-state index contributed by atoms with van der Waals surface area (Å²) < 4.78 is 10.6. The van der Waals surface area contributed by atoms with Crippen molar-refractivity contribution in [2.75, 3.05) is 7.11 Å². The highest BCUT2D eigenvalue weighted by Crippen LogP contribution is 2.19. The van der Waals surface area contributed by atoms with Crippen molar-refractivity contribution in [1.29, 1.82) is 5.26 Å². The Morgan fingerprint density at radius 3 is 2.59 bits per heavy atom. The molecule has 0 aliphatic heterocycles. The van der Waals surface area contributed by atoms with Crippen LogP contribution in [-0.2, 0) is 6.61 Å². The smallest absolute Gasteiger partial charge is 0.151 e. The van der Waals surface area contributed by atoms with E-state index in [-0.39, 0.29) is 0 Å². The molecule has 0 saturated heterocycles. The van der Waals surface area contributed by atoms with Crippen LogP contribution in [0.15, 0.2) is 29.6 Å². The van der Waals surface area contributed by atoms with Gasteiger partial charge in [-0.25, -0.2) is 4.98 Å². The summed E-state index contributed by atoms with van der Waals surface area (Å²) >= 11 is 1.42. The summed E-state index contributed by atoms with van der Waals surface area (Å²) in [6.07, 6.45) is 0. The van der Waals surface area contributed by atoms with Gasteiger partial charge in [-0.2, -0.15) is 5.26 Å². The highest BCUT2D eigenvalue weighted by atomic mass is 32.1. The van der Waals surface area contributed by atoms with Gasteiger partial charge in [0.05, 0.1) is 7.11 Å². The molecule has 0 amide bonds. The molecule has 1 heterocycles. The zero-order valence-corrected chi connectivity index (χ0v) is 10.0. The van der Waals surface area contributed by atoms with E-state index in [1.54, 1.807) is 12.5 Å². The topological polar surface area (TPSA) is 55.1 Å². The molecule has 2 rings (SSSR count). The molecule has 0 fully saturated rings. The normalized spacial score (nSPS) is 9.65. The number of methoxy groups -OCH3 is 1. The molecule has 0 aliphatic carbocycles. The third-order valence-corrected chi connectivity index (χ3v) is 2.91. The molecule has 0 bridgehead atoms. The largest absolute Gasteiger partial charge is 0.497 e. The van der Waals surface area contributed by atoms with E-state index < -0.39 is 0 Å². The standard InChI is InChI=1S/C12H10N2O2S/c1-15-10-2-4-11(5-3-10)16-7-12-14-9(6-13)8-17-12/h2-5,8H,7H2,1H3. The Kier molecular flexibility index (Phi) is 3.58. The number of thiazole rings is 1. The first-order chi connectivity index (χ1) is 8.31.